The summed E-state index contributed by atoms with van der Waals surface area (Å²) < 4.78 is 13.9. The number of thiophene rings is 1. The summed E-state index contributed by atoms with van der Waals surface area (Å²) in [6, 6.07) is 14.9. The zero-order chi connectivity index (χ0) is 21.7. The SMILES string of the molecule is Cc1ccc(C(=O)NC(CC(C)C)c2cccs2)cc1NC(=O)c1ccccc1F. The second-order valence-corrected chi connectivity index (χ2v) is 8.61. The number of anilines is 1. The molecule has 4 nitrogen and oxygen atoms in total. The van der Waals surface area contributed by atoms with E-state index in [1.165, 1.54) is 18.2 Å². The minimum absolute atomic E-state index is 0.0403. The number of rotatable bonds is 7. The van der Waals surface area contributed by atoms with Gasteiger partial charge in [-0.05, 0) is 60.5 Å². The van der Waals surface area contributed by atoms with Crippen LogP contribution in [0.2, 0.25) is 0 Å². The summed E-state index contributed by atoms with van der Waals surface area (Å²) in [6.07, 6.45) is 0.828. The lowest BCUT2D eigenvalue weighted by molar-refractivity contribution is 0.0931. The molecule has 0 aliphatic heterocycles. The molecular weight excluding hydrogens is 399 g/mol. The number of halogens is 1. The zero-order valence-corrected chi connectivity index (χ0v) is 18.1. The van der Waals surface area contributed by atoms with Crippen molar-refractivity contribution < 1.29 is 14.0 Å². The first kappa shape index (κ1) is 21.7. The van der Waals surface area contributed by atoms with E-state index < -0.39 is 11.7 Å². The summed E-state index contributed by atoms with van der Waals surface area (Å²) in [4.78, 5) is 26.5. The number of benzene rings is 2. The average Bonchev–Trinajstić information content (AvgIpc) is 3.24. The van der Waals surface area contributed by atoms with Gasteiger partial charge in [0.2, 0.25) is 0 Å². The highest BCUT2D eigenvalue weighted by Crippen LogP contribution is 2.26. The molecule has 0 aliphatic rings. The lowest BCUT2D eigenvalue weighted by Crippen LogP contribution is -2.29. The predicted octanol–water partition coefficient (Wildman–Crippen LogP) is 5.97. The molecule has 6 heteroatoms. The number of hydrogen-bond acceptors (Lipinski definition) is 3. The normalized spacial score (nSPS) is 11.9. The Balaban J connectivity index is 1.79. The van der Waals surface area contributed by atoms with Crippen LogP contribution in [0.3, 0.4) is 0 Å². The maximum Gasteiger partial charge on any atom is 0.258 e. The summed E-state index contributed by atoms with van der Waals surface area (Å²) in [5.41, 5.74) is 1.66. The first-order valence-corrected chi connectivity index (χ1v) is 10.7. The fourth-order valence-corrected chi connectivity index (χ4v) is 3.97. The predicted molar refractivity (Wildman–Crippen MR) is 120 cm³/mol. The Hall–Kier alpha value is -2.99. The molecule has 3 rings (SSSR count). The summed E-state index contributed by atoms with van der Waals surface area (Å²) in [7, 11) is 0. The van der Waals surface area contributed by atoms with E-state index in [1.807, 2.05) is 24.4 Å². The summed E-state index contributed by atoms with van der Waals surface area (Å²) in [5, 5.41) is 7.82. The van der Waals surface area contributed by atoms with E-state index >= 15 is 0 Å². The monoisotopic (exact) mass is 424 g/mol. The standard InChI is InChI=1S/C24H25FN2O2S/c1-15(2)13-21(22-9-6-12-30-22)27-23(28)17-11-10-16(3)20(14-17)26-24(29)18-7-4-5-8-19(18)25/h4-12,14-15,21H,13H2,1-3H3,(H,26,29)(H,27,28). The van der Waals surface area contributed by atoms with Crippen molar-refractivity contribution in [2.24, 2.45) is 5.92 Å². The van der Waals surface area contributed by atoms with E-state index in [1.54, 1.807) is 35.6 Å². The van der Waals surface area contributed by atoms with Crippen molar-refractivity contribution in [3.63, 3.8) is 0 Å². The van der Waals surface area contributed by atoms with Gasteiger partial charge in [0, 0.05) is 16.1 Å². The van der Waals surface area contributed by atoms with Gasteiger partial charge in [0.15, 0.2) is 0 Å². The zero-order valence-electron chi connectivity index (χ0n) is 17.2. The smallest absolute Gasteiger partial charge is 0.258 e. The van der Waals surface area contributed by atoms with Crippen LogP contribution < -0.4 is 10.6 Å². The molecule has 0 fully saturated rings. The fraction of sp³-hybridized carbons (Fsp3) is 0.250. The third-order valence-electron chi connectivity index (χ3n) is 4.77. The van der Waals surface area contributed by atoms with Gasteiger partial charge in [-0.3, -0.25) is 9.59 Å². The van der Waals surface area contributed by atoms with Crippen LogP contribution in [0, 0.1) is 18.7 Å². The second kappa shape index (κ2) is 9.67. The van der Waals surface area contributed by atoms with E-state index in [9.17, 15) is 14.0 Å². The maximum absolute atomic E-state index is 13.9. The van der Waals surface area contributed by atoms with Crippen molar-refractivity contribution in [2.75, 3.05) is 5.32 Å². The van der Waals surface area contributed by atoms with E-state index in [0.717, 1.165) is 16.9 Å². The lowest BCUT2D eigenvalue weighted by Gasteiger charge is -2.20. The summed E-state index contributed by atoms with van der Waals surface area (Å²) in [6.45, 7) is 6.07. The molecule has 0 saturated carbocycles. The van der Waals surface area contributed by atoms with Gasteiger partial charge in [0.05, 0.1) is 11.6 Å². The van der Waals surface area contributed by atoms with Crippen LogP contribution in [0.4, 0.5) is 10.1 Å². The highest BCUT2D eigenvalue weighted by atomic mass is 32.1. The fourth-order valence-electron chi connectivity index (χ4n) is 3.18. The van der Waals surface area contributed by atoms with Gasteiger partial charge < -0.3 is 10.6 Å². The van der Waals surface area contributed by atoms with E-state index in [2.05, 4.69) is 24.5 Å². The van der Waals surface area contributed by atoms with Crippen LogP contribution in [0.25, 0.3) is 0 Å². The van der Waals surface area contributed by atoms with Crippen molar-refractivity contribution in [3.8, 4) is 0 Å². The first-order chi connectivity index (χ1) is 14.3. The number of nitrogens with one attached hydrogen (secondary N) is 2. The molecule has 3 aromatic rings. The van der Waals surface area contributed by atoms with Crippen molar-refractivity contribution in [1.29, 1.82) is 0 Å². The van der Waals surface area contributed by atoms with Crippen molar-refractivity contribution in [3.05, 3.63) is 87.4 Å². The molecule has 0 bridgehead atoms. The maximum atomic E-state index is 13.9. The molecule has 0 saturated heterocycles. The molecule has 1 aromatic heterocycles. The Morgan fingerprint density at radius 1 is 1.03 bits per heavy atom. The molecule has 1 heterocycles. The highest BCUT2D eigenvalue weighted by Gasteiger charge is 2.19. The van der Waals surface area contributed by atoms with Crippen molar-refractivity contribution >= 4 is 28.8 Å². The number of carbonyl (C=O) groups is 2. The van der Waals surface area contributed by atoms with Gasteiger partial charge in [-0.15, -0.1) is 11.3 Å². The third-order valence-corrected chi connectivity index (χ3v) is 5.75. The highest BCUT2D eigenvalue weighted by molar-refractivity contribution is 7.10. The number of hydrogen-bond donors (Lipinski definition) is 2. The largest absolute Gasteiger partial charge is 0.344 e. The Morgan fingerprint density at radius 2 is 1.80 bits per heavy atom. The molecule has 0 radical (unpaired) electrons. The third kappa shape index (κ3) is 5.33. The van der Waals surface area contributed by atoms with E-state index in [4.69, 9.17) is 0 Å². The van der Waals surface area contributed by atoms with Crippen LogP contribution in [-0.2, 0) is 0 Å². The quantitative estimate of drug-likeness (QED) is 0.491. The molecule has 2 N–H and O–H groups in total. The molecule has 0 aliphatic carbocycles. The van der Waals surface area contributed by atoms with Gasteiger partial charge in [-0.1, -0.05) is 38.1 Å². The minimum atomic E-state index is -0.589. The van der Waals surface area contributed by atoms with Crippen LogP contribution in [0.5, 0.6) is 0 Å². The molecule has 1 atom stereocenters. The van der Waals surface area contributed by atoms with Crippen molar-refractivity contribution in [2.45, 2.75) is 33.2 Å². The van der Waals surface area contributed by atoms with Gasteiger partial charge in [0.1, 0.15) is 5.82 Å². The Morgan fingerprint density at radius 3 is 2.47 bits per heavy atom. The van der Waals surface area contributed by atoms with Crippen LogP contribution in [0.1, 0.15) is 57.5 Å². The Bertz CT molecular complexity index is 1030. The topological polar surface area (TPSA) is 58.2 Å². The average molecular weight is 425 g/mol. The number of amides is 2. The van der Waals surface area contributed by atoms with Crippen LogP contribution in [0.15, 0.2) is 60.0 Å². The lowest BCUT2D eigenvalue weighted by atomic mass is 10.0. The van der Waals surface area contributed by atoms with Gasteiger partial charge in [-0.25, -0.2) is 4.39 Å². The molecule has 2 amide bonds. The van der Waals surface area contributed by atoms with Crippen molar-refractivity contribution in [1.82, 2.24) is 5.32 Å². The van der Waals surface area contributed by atoms with E-state index in [0.29, 0.717) is 17.2 Å². The Kier molecular flexibility index (Phi) is 7.00. The summed E-state index contributed by atoms with van der Waals surface area (Å²) >= 11 is 1.62. The first-order valence-electron chi connectivity index (χ1n) is 9.86. The number of carbonyl (C=O) groups excluding carboxylic acids is 2. The van der Waals surface area contributed by atoms with Crippen LogP contribution in [-0.4, -0.2) is 11.8 Å². The van der Waals surface area contributed by atoms with Gasteiger partial charge >= 0.3 is 0 Å². The van der Waals surface area contributed by atoms with Gasteiger partial charge in [0.25, 0.3) is 11.8 Å². The summed E-state index contributed by atoms with van der Waals surface area (Å²) in [5.74, 6) is -0.930. The molecule has 0 spiro atoms. The molecule has 156 valence electrons. The van der Waals surface area contributed by atoms with E-state index in [-0.39, 0.29) is 17.5 Å². The molecule has 2 aromatic carbocycles. The van der Waals surface area contributed by atoms with Crippen LogP contribution >= 0.6 is 11.3 Å². The minimum Gasteiger partial charge on any atom is -0.344 e. The molecular formula is C24H25FN2O2S. The van der Waals surface area contributed by atoms with Gasteiger partial charge in [-0.2, -0.15) is 0 Å². The second-order valence-electron chi connectivity index (χ2n) is 7.63. The molecule has 30 heavy (non-hydrogen) atoms. The number of aryl methyl sites for hydroxylation is 1. The Labute approximate surface area is 180 Å². The molecule has 1 unspecified atom stereocenters.